The lowest BCUT2D eigenvalue weighted by atomic mass is 9.92. The number of aryl methyl sites for hydroxylation is 1. The molecule has 0 saturated heterocycles. The van der Waals surface area contributed by atoms with Crippen LogP contribution in [0.4, 0.5) is 5.82 Å². The number of aromatic nitrogens is 1. The zero-order valence-electron chi connectivity index (χ0n) is 10.6. The van der Waals surface area contributed by atoms with Gasteiger partial charge in [0.2, 0.25) is 0 Å². The Bertz CT molecular complexity index is 297. The Morgan fingerprint density at radius 2 is 2.12 bits per heavy atom. The Morgan fingerprint density at radius 3 is 2.75 bits per heavy atom. The Labute approximate surface area is 99.3 Å². The Kier molecular flexibility index (Phi) is 5.91. The average molecular weight is 220 g/mol. The highest BCUT2D eigenvalue weighted by Gasteiger charge is 2.07. The number of anilines is 1. The molecule has 2 nitrogen and oxygen atoms in total. The van der Waals surface area contributed by atoms with E-state index in [1.54, 1.807) is 6.20 Å². The third-order valence-corrected chi connectivity index (χ3v) is 3.29. The summed E-state index contributed by atoms with van der Waals surface area (Å²) in [6, 6.07) is 4.06. The van der Waals surface area contributed by atoms with E-state index in [-0.39, 0.29) is 0 Å². The first-order valence-electron chi connectivity index (χ1n) is 6.47. The van der Waals surface area contributed by atoms with Gasteiger partial charge in [-0.25, -0.2) is 4.98 Å². The van der Waals surface area contributed by atoms with Crippen LogP contribution in [0.5, 0.6) is 0 Å². The van der Waals surface area contributed by atoms with E-state index in [1.807, 2.05) is 6.07 Å². The highest BCUT2D eigenvalue weighted by molar-refractivity contribution is 5.38. The molecule has 1 rings (SSSR count). The van der Waals surface area contributed by atoms with E-state index in [2.05, 4.69) is 24.9 Å². The van der Waals surface area contributed by atoms with Crippen molar-refractivity contribution in [2.24, 2.45) is 5.92 Å². The third-order valence-electron chi connectivity index (χ3n) is 3.29. The van der Waals surface area contributed by atoms with Crippen LogP contribution in [0.3, 0.4) is 0 Å². The van der Waals surface area contributed by atoms with E-state index < -0.39 is 0 Å². The van der Waals surface area contributed by atoms with Gasteiger partial charge in [-0.3, -0.25) is 0 Å². The summed E-state index contributed by atoms with van der Waals surface area (Å²) < 4.78 is 0. The summed E-state index contributed by atoms with van der Waals surface area (Å²) in [5.74, 6) is 1.55. The van der Waals surface area contributed by atoms with Gasteiger partial charge in [-0.15, -0.1) is 0 Å². The summed E-state index contributed by atoms with van der Waals surface area (Å²) in [5.41, 5.74) is 7.04. The van der Waals surface area contributed by atoms with E-state index in [0.717, 1.165) is 12.3 Å². The number of unbranched alkanes of at least 4 members (excludes halogenated alkanes) is 1. The van der Waals surface area contributed by atoms with Crippen LogP contribution in [0.2, 0.25) is 0 Å². The number of hydrogen-bond donors (Lipinski definition) is 1. The molecule has 1 unspecified atom stereocenters. The lowest BCUT2D eigenvalue weighted by molar-refractivity contribution is 0.422. The van der Waals surface area contributed by atoms with E-state index in [0.29, 0.717) is 5.82 Å². The van der Waals surface area contributed by atoms with E-state index in [1.165, 1.54) is 37.7 Å². The molecule has 0 fully saturated rings. The number of nitrogens with two attached hydrogens (primary N) is 1. The van der Waals surface area contributed by atoms with Crippen molar-refractivity contribution in [2.75, 3.05) is 5.73 Å². The fourth-order valence-electron chi connectivity index (χ4n) is 2.07. The minimum atomic E-state index is 0.702. The second kappa shape index (κ2) is 7.26. The lowest BCUT2D eigenvalue weighted by Crippen LogP contribution is -2.03. The monoisotopic (exact) mass is 220 g/mol. The molecule has 1 atom stereocenters. The molecule has 0 amide bonds. The van der Waals surface area contributed by atoms with Crippen molar-refractivity contribution in [1.82, 2.24) is 4.98 Å². The SMILES string of the molecule is CCCCC(CC)CCc1cccnc1N. The van der Waals surface area contributed by atoms with Crippen LogP contribution in [0, 0.1) is 5.92 Å². The van der Waals surface area contributed by atoms with Gasteiger partial charge < -0.3 is 5.73 Å². The molecule has 0 radical (unpaired) electrons. The van der Waals surface area contributed by atoms with Crippen molar-refractivity contribution in [3.05, 3.63) is 23.9 Å². The summed E-state index contributed by atoms with van der Waals surface area (Å²) >= 11 is 0. The molecule has 1 aromatic rings. The van der Waals surface area contributed by atoms with Crippen LogP contribution in [0.1, 0.15) is 51.5 Å². The van der Waals surface area contributed by atoms with Gasteiger partial charge in [0.05, 0.1) is 0 Å². The average Bonchev–Trinajstić information content (AvgIpc) is 2.31. The lowest BCUT2D eigenvalue weighted by Gasteiger charge is -2.14. The smallest absolute Gasteiger partial charge is 0.126 e. The summed E-state index contributed by atoms with van der Waals surface area (Å²) in [6.45, 7) is 4.54. The Hall–Kier alpha value is -1.05. The normalized spacial score (nSPS) is 12.6. The molecule has 90 valence electrons. The highest BCUT2D eigenvalue weighted by atomic mass is 14.8. The zero-order valence-corrected chi connectivity index (χ0v) is 10.6. The summed E-state index contributed by atoms with van der Waals surface area (Å²) in [4.78, 5) is 4.12. The quantitative estimate of drug-likeness (QED) is 0.758. The zero-order chi connectivity index (χ0) is 11.8. The second-order valence-corrected chi connectivity index (χ2v) is 4.50. The third kappa shape index (κ3) is 4.21. The number of nitrogen functional groups attached to an aromatic ring is 1. The van der Waals surface area contributed by atoms with Crippen molar-refractivity contribution in [2.45, 2.75) is 52.4 Å². The molecule has 1 aromatic heterocycles. The number of hydrogen-bond acceptors (Lipinski definition) is 2. The van der Waals surface area contributed by atoms with Crippen molar-refractivity contribution >= 4 is 5.82 Å². The van der Waals surface area contributed by atoms with Crippen LogP contribution in [-0.4, -0.2) is 4.98 Å². The second-order valence-electron chi connectivity index (χ2n) is 4.50. The summed E-state index contributed by atoms with van der Waals surface area (Å²) in [5, 5.41) is 0. The van der Waals surface area contributed by atoms with Crippen molar-refractivity contribution in [1.29, 1.82) is 0 Å². The fourth-order valence-corrected chi connectivity index (χ4v) is 2.07. The molecule has 2 heteroatoms. The molecular weight excluding hydrogens is 196 g/mol. The van der Waals surface area contributed by atoms with Gasteiger partial charge in [-0.05, 0) is 30.4 Å². The largest absolute Gasteiger partial charge is 0.383 e. The van der Waals surface area contributed by atoms with Gasteiger partial charge in [-0.1, -0.05) is 45.6 Å². The highest BCUT2D eigenvalue weighted by Crippen LogP contribution is 2.20. The fraction of sp³-hybridized carbons (Fsp3) is 0.643. The first kappa shape index (κ1) is 13.0. The summed E-state index contributed by atoms with van der Waals surface area (Å²) in [6.07, 6.45) is 9.35. The molecule has 0 aliphatic carbocycles. The first-order chi connectivity index (χ1) is 7.77. The number of pyridine rings is 1. The van der Waals surface area contributed by atoms with Gasteiger partial charge in [0.1, 0.15) is 5.82 Å². The van der Waals surface area contributed by atoms with Crippen molar-refractivity contribution in [3.63, 3.8) is 0 Å². The molecule has 0 aliphatic rings. The number of rotatable bonds is 7. The maximum absolute atomic E-state index is 5.84. The minimum absolute atomic E-state index is 0.702. The molecular formula is C14H24N2. The van der Waals surface area contributed by atoms with Crippen molar-refractivity contribution in [3.8, 4) is 0 Å². The van der Waals surface area contributed by atoms with Crippen LogP contribution >= 0.6 is 0 Å². The maximum Gasteiger partial charge on any atom is 0.126 e. The van der Waals surface area contributed by atoms with Gasteiger partial charge in [0.25, 0.3) is 0 Å². The van der Waals surface area contributed by atoms with Gasteiger partial charge in [-0.2, -0.15) is 0 Å². The van der Waals surface area contributed by atoms with Gasteiger partial charge in [0.15, 0.2) is 0 Å². The predicted molar refractivity (Wildman–Crippen MR) is 70.3 cm³/mol. The Morgan fingerprint density at radius 1 is 1.31 bits per heavy atom. The van der Waals surface area contributed by atoms with Crippen LogP contribution in [0.15, 0.2) is 18.3 Å². The molecule has 16 heavy (non-hydrogen) atoms. The van der Waals surface area contributed by atoms with Gasteiger partial charge in [0, 0.05) is 6.20 Å². The molecule has 0 spiro atoms. The first-order valence-corrected chi connectivity index (χ1v) is 6.47. The number of nitrogens with zero attached hydrogens (tertiary/aromatic N) is 1. The summed E-state index contributed by atoms with van der Waals surface area (Å²) in [7, 11) is 0. The maximum atomic E-state index is 5.84. The van der Waals surface area contributed by atoms with Crippen molar-refractivity contribution < 1.29 is 0 Å². The van der Waals surface area contributed by atoms with Crippen LogP contribution in [0.25, 0.3) is 0 Å². The van der Waals surface area contributed by atoms with Crippen LogP contribution in [-0.2, 0) is 6.42 Å². The Balaban J connectivity index is 2.40. The standard InChI is InChI=1S/C14H24N2/c1-3-5-7-12(4-2)9-10-13-8-6-11-16-14(13)15/h6,8,11-12H,3-5,7,9-10H2,1-2H3,(H2,15,16). The molecule has 2 N–H and O–H groups in total. The predicted octanol–water partition coefficient (Wildman–Crippen LogP) is 3.81. The van der Waals surface area contributed by atoms with E-state index >= 15 is 0 Å². The molecule has 0 saturated carbocycles. The molecule has 0 aromatic carbocycles. The molecule has 0 aliphatic heterocycles. The van der Waals surface area contributed by atoms with E-state index in [9.17, 15) is 0 Å². The molecule has 0 bridgehead atoms. The van der Waals surface area contributed by atoms with Gasteiger partial charge >= 0.3 is 0 Å². The molecule has 1 heterocycles. The van der Waals surface area contributed by atoms with Crippen LogP contribution < -0.4 is 5.73 Å². The minimum Gasteiger partial charge on any atom is -0.383 e. The van der Waals surface area contributed by atoms with E-state index in [4.69, 9.17) is 5.73 Å². The topological polar surface area (TPSA) is 38.9 Å².